The van der Waals surface area contributed by atoms with Gasteiger partial charge in [-0.05, 0) is 42.3 Å². The SMILES string of the molecule is CN1CC(C(=O)NCc2ccc3c(c2)Oc2ccc(C(F)(F)F)cc2N3)CCC1=O. The molecule has 158 valence electrons. The summed E-state index contributed by atoms with van der Waals surface area (Å²) in [5.41, 5.74) is 0.827. The van der Waals surface area contributed by atoms with Gasteiger partial charge in [0.05, 0.1) is 22.9 Å². The normalized spacial score (nSPS) is 18.1. The van der Waals surface area contributed by atoms with Gasteiger partial charge in [-0.15, -0.1) is 0 Å². The number of alkyl halides is 3. The third-order valence-corrected chi connectivity index (χ3v) is 5.31. The summed E-state index contributed by atoms with van der Waals surface area (Å²) in [6.45, 7) is 0.683. The van der Waals surface area contributed by atoms with Gasteiger partial charge in [-0.25, -0.2) is 0 Å². The zero-order chi connectivity index (χ0) is 21.5. The van der Waals surface area contributed by atoms with Crippen LogP contribution in [0.4, 0.5) is 24.5 Å². The molecule has 1 saturated heterocycles. The Labute approximate surface area is 171 Å². The molecule has 2 N–H and O–H groups in total. The first-order valence-electron chi connectivity index (χ1n) is 9.51. The van der Waals surface area contributed by atoms with Crippen LogP contribution < -0.4 is 15.4 Å². The van der Waals surface area contributed by atoms with Crippen molar-refractivity contribution in [1.29, 1.82) is 0 Å². The van der Waals surface area contributed by atoms with E-state index < -0.39 is 11.7 Å². The largest absolute Gasteiger partial charge is 0.453 e. The quantitative estimate of drug-likeness (QED) is 0.672. The molecule has 0 bridgehead atoms. The summed E-state index contributed by atoms with van der Waals surface area (Å²) in [7, 11) is 1.69. The number of fused-ring (bicyclic) bond motifs is 2. The average molecular weight is 419 g/mol. The molecule has 1 atom stereocenters. The Kier molecular flexibility index (Phi) is 5.05. The second-order valence-electron chi connectivity index (χ2n) is 7.49. The lowest BCUT2D eigenvalue weighted by Crippen LogP contribution is -2.43. The predicted octanol–water partition coefficient (Wildman–Crippen LogP) is 4.04. The number of carbonyl (C=O) groups is 2. The highest BCUT2D eigenvalue weighted by Crippen LogP contribution is 2.44. The van der Waals surface area contributed by atoms with Gasteiger partial charge in [-0.3, -0.25) is 9.59 Å². The molecule has 2 aromatic rings. The van der Waals surface area contributed by atoms with Gasteiger partial charge in [-0.1, -0.05) is 6.07 Å². The van der Waals surface area contributed by atoms with E-state index in [1.165, 1.54) is 6.07 Å². The number of carbonyl (C=O) groups excluding carboxylic acids is 2. The number of likely N-dealkylation sites (tertiary alicyclic amines) is 1. The van der Waals surface area contributed by atoms with Crippen LogP contribution in [0.2, 0.25) is 0 Å². The number of nitrogens with zero attached hydrogens (tertiary/aromatic N) is 1. The Hall–Kier alpha value is -3.23. The Morgan fingerprint density at radius 3 is 2.73 bits per heavy atom. The molecule has 6 nitrogen and oxygen atoms in total. The number of ether oxygens (including phenoxy) is 1. The summed E-state index contributed by atoms with van der Waals surface area (Å²) >= 11 is 0. The van der Waals surface area contributed by atoms with Crippen molar-refractivity contribution in [2.24, 2.45) is 5.92 Å². The first-order chi connectivity index (χ1) is 14.2. The molecule has 1 unspecified atom stereocenters. The maximum Gasteiger partial charge on any atom is 0.416 e. The molecule has 2 heterocycles. The number of piperidine rings is 1. The summed E-state index contributed by atoms with van der Waals surface area (Å²) < 4.78 is 44.5. The van der Waals surface area contributed by atoms with Crippen LogP contribution in [0.25, 0.3) is 0 Å². The van der Waals surface area contributed by atoms with E-state index >= 15 is 0 Å². The minimum Gasteiger partial charge on any atom is -0.453 e. The first kappa shape index (κ1) is 20.1. The monoisotopic (exact) mass is 419 g/mol. The van der Waals surface area contributed by atoms with Crippen molar-refractivity contribution in [3.05, 3.63) is 47.5 Å². The van der Waals surface area contributed by atoms with Crippen molar-refractivity contribution in [2.75, 3.05) is 18.9 Å². The fraction of sp³-hybridized carbons (Fsp3) is 0.333. The lowest BCUT2D eigenvalue weighted by molar-refractivity contribution is -0.138. The number of rotatable bonds is 3. The van der Waals surface area contributed by atoms with Gasteiger partial charge >= 0.3 is 6.18 Å². The summed E-state index contributed by atoms with van der Waals surface area (Å²) in [5, 5.41) is 5.83. The molecule has 2 aromatic carbocycles. The van der Waals surface area contributed by atoms with Gasteiger partial charge in [-0.2, -0.15) is 13.2 Å². The standard InChI is InChI=1S/C21H20F3N3O3/c1-27-11-13(3-7-19(27)28)20(29)25-10-12-2-5-15-18(8-12)30-17-6-4-14(21(22,23)24)9-16(17)26-15/h2,4-6,8-9,13,26H,3,7,10-11H2,1H3,(H,25,29). The minimum atomic E-state index is -4.43. The van der Waals surface area contributed by atoms with Crippen molar-refractivity contribution in [3.8, 4) is 11.5 Å². The zero-order valence-corrected chi connectivity index (χ0v) is 16.2. The molecule has 2 aliphatic heterocycles. The Morgan fingerprint density at radius 1 is 1.20 bits per heavy atom. The van der Waals surface area contributed by atoms with E-state index in [1.54, 1.807) is 30.1 Å². The topological polar surface area (TPSA) is 70.7 Å². The lowest BCUT2D eigenvalue weighted by Gasteiger charge is -2.28. The highest BCUT2D eigenvalue weighted by Gasteiger charge is 2.32. The van der Waals surface area contributed by atoms with E-state index in [-0.39, 0.29) is 30.0 Å². The number of hydrogen-bond donors (Lipinski definition) is 2. The van der Waals surface area contributed by atoms with Crippen molar-refractivity contribution in [3.63, 3.8) is 0 Å². The van der Waals surface area contributed by atoms with E-state index in [4.69, 9.17) is 4.74 Å². The summed E-state index contributed by atoms with van der Waals surface area (Å²) in [6.07, 6.45) is -3.54. The van der Waals surface area contributed by atoms with Gasteiger partial charge in [0.15, 0.2) is 11.5 Å². The molecule has 0 aliphatic carbocycles. The molecule has 4 rings (SSSR count). The summed E-state index contributed by atoms with van der Waals surface area (Å²) in [5.74, 6) is 0.457. The molecule has 0 saturated carbocycles. The molecule has 9 heteroatoms. The van der Waals surface area contributed by atoms with Crippen LogP contribution in [-0.4, -0.2) is 30.3 Å². The lowest BCUT2D eigenvalue weighted by atomic mass is 9.97. The summed E-state index contributed by atoms with van der Waals surface area (Å²) in [6, 6.07) is 8.47. The number of nitrogens with one attached hydrogen (secondary N) is 2. The molecule has 30 heavy (non-hydrogen) atoms. The van der Waals surface area contributed by atoms with Gasteiger partial charge in [0.2, 0.25) is 11.8 Å². The van der Waals surface area contributed by atoms with E-state index in [0.29, 0.717) is 36.6 Å². The van der Waals surface area contributed by atoms with Crippen molar-refractivity contribution >= 4 is 23.2 Å². The van der Waals surface area contributed by atoms with Crippen LogP contribution in [-0.2, 0) is 22.3 Å². The molecular formula is C21H20F3N3O3. The van der Waals surface area contributed by atoms with Crippen molar-refractivity contribution < 1.29 is 27.5 Å². The molecular weight excluding hydrogens is 399 g/mol. The van der Waals surface area contributed by atoms with Crippen LogP contribution in [0, 0.1) is 5.92 Å². The van der Waals surface area contributed by atoms with Gasteiger partial charge in [0, 0.05) is 26.6 Å². The van der Waals surface area contributed by atoms with Crippen molar-refractivity contribution in [1.82, 2.24) is 10.2 Å². The number of amides is 2. The Balaban J connectivity index is 1.41. The van der Waals surface area contributed by atoms with Gasteiger partial charge < -0.3 is 20.3 Å². The van der Waals surface area contributed by atoms with Gasteiger partial charge in [0.1, 0.15) is 0 Å². The highest BCUT2D eigenvalue weighted by molar-refractivity contribution is 5.83. The van der Waals surface area contributed by atoms with Crippen LogP contribution in [0.15, 0.2) is 36.4 Å². The fourth-order valence-electron chi connectivity index (χ4n) is 3.58. The number of anilines is 2. The number of hydrogen-bond acceptors (Lipinski definition) is 4. The van der Waals surface area contributed by atoms with Gasteiger partial charge in [0.25, 0.3) is 0 Å². The molecule has 0 spiro atoms. The molecule has 0 radical (unpaired) electrons. The number of halogens is 3. The second kappa shape index (κ2) is 7.55. The van der Waals surface area contributed by atoms with Crippen LogP contribution >= 0.6 is 0 Å². The molecule has 2 aliphatic rings. The molecule has 2 amide bonds. The third kappa shape index (κ3) is 4.05. The highest BCUT2D eigenvalue weighted by atomic mass is 19.4. The molecule has 1 fully saturated rings. The maximum atomic E-state index is 12.9. The smallest absolute Gasteiger partial charge is 0.416 e. The second-order valence-corrected chi connectivity index (χ2v) is 7.49. The van der Waals surface area contributed by atoms with Crippen LogP contribution in [0.3, 0.4) is 0 Å². The van der Waals surface area contributed by atoms with E-state index in [9.17, 15) is 22.8 Å². The number of benzene rings is 2. The predicted molar refractivity (Wildman–Crippen MR) is 103 cm³/mol. The maximum absolute atomic E-state index is 12.9. The van der Waals surface area contributed by atoms with E-state index in [1.807, 2.05) is 0 Å². The fourth-order valence-corrected chi connectivity index (χ4v) is 3.58. The van der Waals surface area contributed by atoms with Crippen LogP contribution in [0.1, 0.15) is 24.0 Å². The Bertz CT molecular complexity index is 1010. The Morgan fingerprint density at radius 2 is 2.00 bits per heavy atom. The van der Waals surface area contributed by atoms with Crippen LogP contribution in [0.5, 0.6) is 11.5 Å². The van der Waals surface area contributed by atoms with E-state index in [2.05, 4.69) is 10.6 Å². The third-order valence-electron chi connectivity index (χ3n) is 5.31. The average Bonchev–Trinajstić information content (AvgIpc) is 2.71. The molecule has 0 aromatic heterocycles. The minimum absolute atomic E-state index is 0.0426. The van der Waals surface area contributed by atoms with E-state index in [0.717, 1.165) is 17.7 Å². The first-order valence-corrected chi connectivity index (χ1v) is 9.51. The van der Waals surface area contributed by atoms with Crippen molar-refractivity contribution in [2.45, 2.75) is 25.6 Å². The summed E-state index contributed by atoms with van der Waals surface area (Å²) in [4.78, 5) is 25.5. The zero-order valence-electron chi connectivity index (χ0n) is 16.2.